The van der Waals surface area contributed by atoms with Crippen molar-refractivity contribution < 1.29 is 45.0 Å². The summed E-state index contributed by atoms with van der Waals surface area (Å²) in [7, 11) is 4.90. The van der Waals surface area contributed by atoms with Crippen molar-refractivity contribution in [1.82, 2.24) is 9.88 Å². The molecule has 1 saturated heterocycles. The number of rotatable bonds is 6. The zero-order chi connectivity index (χ0) is 32.3. The van der Waals surface area contributed by atoms with Crippen molar-refractivity contribution in [2.75, 3.05) is 26.1 Å². The number of allylic oxidation sites excluding steroid dienone is 2. The number of carbonyl (C=O) groups excluding carboxylic acids is 1. The van der Waals surface area contributed by atoms with Gasteiger partial charge in [-0.05, 0) is 47.2 Å². The molecule has 44 heavy (non-hydrogen) atoms. The molecule has 1 aromatic heterocycles. The van der Waals surface area contributed by atoms with Crippen molar-refractivity contribution in [3.63, 3.8) is 0 Å². The SMILES string of the molecule is COc1cc(F)c(C(C)C)cc1-c1cnc(N(C)C)cc1[C@@H]1C=CC2[C@@H](C3=CC(C(F)(F)F)CC(C(F)(F)F)=C3)OC(=O)N21. The molecular weight excluding hydrogens is 595 g/mol. The Morgan fingerprint density at radius 2 is 1.77 bits per heavy atom. The van der Waals surface area contributed by atoms with Gasteiger partial charge in [0.15, 0.2) is 6.10 Å². The average molecular weight is 626 g/mol. The number of methoxy groups -OCH3 is 1. The highest BCUT2D eigenvalue weighted by molar-refractivity contribution is 5.79. The Balaban J connectivity index is 1.60. The first kappa shape index (κ1) is 31.4. The van der Waals surface area contributed by atoms with E-state index >= 15 is 0 Å². The number of pyridine rings is 1. The summed E-state index contributed by atoms with van der Waals surface area (Å²) in [5, 5.41) is 0. The lowest BCUT2D eigenvalue weighted by Crippen LogP contribution is -2.35. The maximum atomic E-state index is 14.9. The number of anilines is 1. The van der Waals surface area contributed by atoms with Crippen LogP contribution in [0.15, 0.2) is 59.8 Å². The molecular formula is C31H30F7N3O3. The number of aromatic nitrogens is 1. The summed E-state index contributed by atoms with van der Waals surface area (Å²) < 4.78 is 108. The predicted molar refractivity (Wildman–Crippen MR) is 149 cm³/mol. The van der Waals surface area contributed by atoms with Gasteiger partial charge in [-0.15, -0.1) is 0 Å². The predicted octanol–water partition coefficient (Wildman–Crippen LogP) is 7.88. The number of carbonyl (C=O) groups is 1. The number of hydrogen-bond acceptors (Lipinski definition) is 5. The van der Waals surface area contributed by atoms with E-state index in [9.17, 15) is 35.5 Å². The molecule has 2 unspecified atom stereocenters. The molecule has 3 heterocycles. The van der Waals surface area contributed by atoms with Gasteiger partial charge in [-0.2, -0.15) is 26.3 Å². The van der Waals surface area contributed by atoms with Gasteiger partial charge in [0.2, 0.25) is 0 Å². The summed E-state index contributed by atoms with van der Waals surface area (Å²) in [6, 6.07) is 2.80. The van der Waals surface area contributed by atoms with E-state index in [2.05, 4.69) is 4.98 Å². The molecule has 2 aromatic rings. The number of hydrogen-bond donors (Lipinski definition) is 0. The largest absolute Gasteiger partial charge is 0.496 e. The molecule has 1 amide bonds. The Kier molecular flexibility index (Phi) is 7.96. The zero-order valence-corrected chi connectivity index (χ0v) is 24.4. The molecule has 4 atom stereocenters. The number of fused-ring (bicyclic) bond motifs is 1. The van der Waals surface area contributed by atoms with E-state index in [-0.39, 0.29) is 17.2 Å². The van der Waals surface area contributed by atoms with Crippen molar-refractivity contribution in [3.8, 4) is 16.9 Å². The van der Waals surface area contributed by atoms with E-state index in [1.165, 1.54) is 18.1 Å². The van der Waals surface area contributed by atoms with Gasteiger partial charge in [0.05, 0.1) is 25.1 Å². The Bertz CT molecular complexity index is 1560. The second-order valence-electron chi connectivity index (χ2n) is 11.5. The first-order valence-electron chi connectivity index (χ1n) is 13.8. The van der Waals surface area contributed by atoms with Gasteiger partial charge < -0.3 is 14.4 Å². The maximum Gasteiger partial charge on any atom is 0.412 e. The molecule has 236 valence electrons. The number of benzene rings is 1. The van der Waals surface area contributed by atoms with Crippen molar-refractivity contribution in [1.29, 1.82) is 0 Å². The summed E-state index contributed by atoms with van der Waals surface area (Å²) in [5.74, 6) is -2.31. The van der Waals surface area contributed by atoms with Gasteiger partial charge in [0, 0.05) is 43.1 Å². The van der Waals surface area contributed by atoms with Crippen LogP contribution >= 0.6 is 0 Å². The standard InChI is InChI=1S/C31H30F7N3O3/c1-15(2)19-11-21(26(43-5)13-23(19)32)22-14-39-27(40(3)4)12-20(22)24-6-7-25-28(44-29(42)41(24)25)16-8-17(30(33,34)35)10-18(9-16)31(36,37)38/h6-9,11-15,17,24-25,28H,10H2,1-5H3/t17?,24-,25?,28+/m0/s1. The molecule has 0 saturated carbocycles. The monoisotopic (exact) mass is 625 g/mol. The molecule has 6 nitrogen and oxygen atoms in total. The van der Waals surface area contributed by atoms with Crippen LogP contribution in [0, 0.1) is 11.7 Å². The van der Waals surface area contributed by atoms with Crippen LogP contribution in [-0.2, 0) is 4.74 Å². The minimum Gasteiger partial charge on any atom is -0.496 e. The normalized spacial score (nSPS) is 23.5. The second-order valence-corrected chi connectivity index (χ2v) is 11.5. The maximum absolute atomic E-state index is 14.9. The molecule has 0 spiro atoms. The van der Waals surface area contributed by atoms with E-state index in [0.29, 0.717) is 40.2 Å². The number of nitrogens with zero attached hydrogens (tertiary/aromatic N) is 3. The van der Waals surface area contributed by atoms with E-state index in [0.717, 1.165) is 0 Å². The Morgan fingerprint density at radius 1 is 1.07 bits per heavy atom. The summed E-state index contributed by atoms with van der Waals surface area (Å²) in [6.07, 6.45) is -7.39. The minimum atomic E-state index is -4.99. The third-order valence-electron chi connectivity index (χ3n) is 8.08. The topological polar surface area (TPSA) is 54.9 Å². The molecule has 13 heteroatoms. The fourth-order valence-electron chi connectivity index (χ4n) is 5.82. The molecule has 2 aliphatic heterocycles. The fourth-order valence-corrected chi connectivity index (χ4v) is 5.82. The Hall–Kier alpha value is -4.03. The van der Waals surface area contributed by atoms with Crippen molar-refractivity contribution in [3.05, 3.63) is 76.8 Å². The molecule has 5 rings (SSSR count). The lowest BCUT2D eigenvalue weighted by atomic mass is 9.86. The smallest absolute Gasteiger partial charge is 0.412 e. The quantitative estimate of drug-likeness (QED) is 0.242. The highest BCUT2D eigenvalue weighted by Gasteiger charge is 2.52. The van der Waals surface area contributed by atoms with E-state index < -0.39 is 60.4 Å². The molecule has 1 aromatic carbocycles. The van der Waals surface area contributed by atoms with E-state index in [4.69, 9.17) is 9.47 Å². The number of amides is 1. The minimum absolute atomic E-state index is 0.180. The van der Waals surface area contributed by atoms with E-state index in [1.807, 2.05) is 13.8 Å². The number of ether oxygens (including phenoxy) is 2. The summed E-state index contributed by atoms with van der Waals surface area (Å²) >= 11 is 0. The fraction of sp³-hybridized carbons (Fsp3) is 0.419. The van der Waals surface area contributed by atoms with Gasteiger partial charge in [-0.1, -0.05) is 32.1 Å². The van der Waals surface area contributed by atoms with Crippen LogP contribution < -0.4 is 9.64 Å². The Labute approximate surface area is 249 Å². The third kappa shape index (κ3) is 5.63. The lowest BCUT2D eigenvalue weighted by molar-refractivity contribution is -0.166. The highest BCUT2D eigenvalue weighted by Crippen LogP contribution is 2.48. The van der Waals surface area contributed by atoms with E-state index in [1.54, 1.807) is 49.5 Å². The molecule has 1 fully saturated rings. The molecule has 0 bridgehead atoms. The average Bonchev–Trinajstić information content (AvgIpc) is 3.52. The highest BCUT2D eigenvalue weighted by atomic mass is 19.4. The number of halogens is 7. The zero-order valence-electron chi connectivity index (χ0n) is 24.4. The van der Waals surface area contributed by atoms with Crippen LogP contribution in [0.25, 0.3) is 11.1 Å². The van der Waals surface area contributed by atoms with Crippen molar-refractivity contribution in [2.45, 2.75) is 56.7 Å². The lowest BCUT2D eigenvalue weighted by Gasteiger charge is -2.28. The van der Waals surface area contributed by atoms with Gasteiger partial charge in [0.1, 0.15) is 17.4 Å². The Morgan fingerprint density at radius 3 is 2.36 bits per heavy atom. The summed E-state index contributed by atoms with van der Waals surface area (Å²) in [5.41, 5.74) is 0.211. The van der Waals surface area contributed by atoms with Gasteiger partial charge in [-0.3, -0.25) is 4.90 Å². The molecule has 0 N–H and O–H groups in total. The number of cyclic esters (lactones) is 1. The molecule has 1 aliphatic carbocycles. The number of alkyl halides is 6. The second kappa shape index (κ2) is 11.2. The summed E-state index contributed by atoms with van der Waals surface area (Å²) in [4.78, 5) is 20.8. The van der Waals surface area contributed by atoms with Crippen LogP contribution in [0.3, 0.4) is 0 Å². The van der Waals surface area contributed by atoms with Crippen LogP contribution in [0.4, 0.5) is 41.3 Å². The third-order valence-corrected chi connectivity index (χ3v) is 8.08. The van der Waals surface area contributed by atoms with Gasteiger partial charge in [-0.25, -0.2) is 14.2 Å². The van der Waals surface area contributed by atoms with Crippen molar-refractivity contribution >= 4 is 11.9 Å². The first-order chi connectivity index (χ1) is 20.5. The van der Waals surface area contributed by atoms with Crippen LogP contribution in [0.2, 0.25) is 0 Å². The van der Waals surface area contributed by atoms with Crippen molar-refractivity contribution in [2.24, 2.45) is 5.92 Å². The van der Waals surface area contributed by atoms with Gasteiger partial charge >= 0.3 is 18.4 Å². The van der Waals surface area contributed by atoms with Crippen LogP contribution in [0.1, 0.15) is 43.4 Å². The van der Waals surface area contributed by atoms with Gasteiger partial charge in [0.25, 0.3) is 0 Å². The molecule has 3 aliphatic rings. The molecule has 0 radical (unpaired) electrons. The summed E-state index contributed by atoms with van der Waals surface area (Å²) in [6.45, 7) is 3.66. The first-order valence-corrected chi connectivity index (χ1v) is 13.8. The van der Waals surface area contributed by atoms with Crippen LogP contribution in [-0.4, -0.2) is 61.7 Å². The van der Waals surface area contributed by atoms with Crippen LogP contribution in [0.5, 0.6) is 5.75 Å².